The average Bonchev–Trinajstić information content (AvgIpc) is 3.13. The summed E-state index contributed by atoms with van der Waals surface area (Å²) in [4.78, 5) is 16.8. The van der Waals surface area contributed by atoms with Crippen LogP contribution in [0.2, 0.25) is 0 Å². The lowest BCUT2D eigenvalue weighted by Gasteiger charge is -2.13. The summed E-state index contributed by atoms with van der Waals surface area (Å²) >= 11 is 0. The van der Waals surface area contributed by atoms with Crippen LogP contribution in [0.1, 0.15) is 35.7 Å². The summed E-state index contributed by atoms with van der Waals surface area (Å²) in [7, 11) is 0. The quantitative estimate of drug-likeness (QED) is 0.464. The molecule has 0 saturated heterocycles. The van der Waals surface area contributed by atoms with Gasteiger partial charge in [-0.1, -0.05) is 36.7 Å². The van der Waals surface area contributed by atoms with Gasteiger partial charge in [-0.15, -0.1) is 0 Å². The number of aryl methyl sites for hydroxylation is 1. The highest BCUT2D eigenvalue weighted by molar-refractivity contribution is 6.07. The standard InChI is InChI=1S/C22H20N2O4/c1-3-4-11-27-18-10-9-13(2)20-19(18)15(22(25)26)12-17(23-20)21-14-7-5-6-8-16(14)24-28-21/h5-10,12H,3-4,11H2,1-2H3,(H,25,26). The first-order valence-corrected chi connectivity index (χ1v) is 9.25. The van der Waals surface area contributed by atoms with Gasteiger partial charge in [0.25, 0.3) is 0 Å². The molecule has 4 aromatic rings. The molecular formula is C22H20N2O4. The predicted octanol–water partition coefficient (Wildman–Crippen LogP) is 5.23. The van der Waals surface area contributed by atoms with Gasteiger partial charge in [0.2, 0.25) is 0 Å². The molecule has 0 aliphatic heterocycles. The Labute approximate surface area is 161 Å². The van der Waals surface area contributed by atoms with Crippen LogP contribution in [0, 0.1) is 6.92 Å². The summed E-state index contributed by atoms with van der Waals surface area (Å²) in [6.45, 7) is 4.51. The molecule has 0 atom stereocenters. The smallest absolute Gasteiger partial charge is 0.336 e. The SMILES string of the molecule is CCCCOc1ccc(C)c2nc(-c3onc4ccccc34)cc(C(=O)O)c12. The second kappa shape index (κ2) is 7.31. The van der Waals surface area contributed by atoms with E-state index in [4.69, 9.17) is 14.2 Å². The highest BCUT2D eigenvalue weighted by Crippen LogP contribution is 2.35. The number of unbranched alkanes of at least 4 members (excludes halogenated alkanes) is 1. The van der Waals surface area contributed by atoms with Crippen LogP contribution in [0.15, 0.2) is 47.0 Å². The van der Waals surface area contributed by atoms with Crippen molar-refractivity contribution >= 4 is 27.8 Å². The zero-order valence-corrected chi connectivity index (χ0v) is 15.7. The van der Waals surface area contributed by atoms with Crippen molar-refractivity contribution in [3.8, 4) is 17.2 Å². The number of fused-ring (bicyclic) bond motifs is 2. The van der Waals surface area contributed by atoms with Crippen LogP contribution < -0.4 is 4.74 Å². The molecule has 0 radical (unpaired) electrons. The van der Waals surface area contributed by atoms with Crippen LogP contribution in [0.25, 0.3) is 33.3 Å². The van der Waals surface area contributed by atoms with Crippen molar-refractivity contribution in [2.75, 3.05) is 6.61 Å². The zero-order valence-electron chi connectivity index (χ0n) is 15.7. The molecule has 2 aromatic carbocycles. The molecule has 0 saturated carbocycles. The van der Waals surface area contributed by atoms with Crippen molar-refractivity contribution < 1.29 is 19.2 Å². The minimum absolute atomic E-state index is 0.135. The van der Waals surface area contributed by atoms with E-state index in [1.807, 2.05) is 43.3 Å². The van der Waals surface area contributed by atoms with E-state index in [9.17, 15) is 9.90 Å². The van der Waals surface area contributed by atoms with Crippen molar-refractivity contribution in [2.45, 2.75) is 26.7 Å². The molecule has 28 heavy (non-hydrogen) atoms. The Balaban J connectivity index is 1.96. The van der Waals surface area contributed by atoms with E-state index in [0.717, 1.165) is 23.8 Å². The van der Waals surface area contributed by atoms with Gasteiger partial charge in [0.05, 0.1) is 28.5 Å². The summed E-state index contributed by atoms with van der Waals surface area (Å²) in [6, 6.07) is 12.7. The Morgan fingerprint density at radius 3 is 2.82 bits per heavy atom. The maximum Gasteiger partial charge on any atom is 0.336 e. The minimum Gasteiger partial charge on any atom is -0.493 e. The number of carbonyl (C=O) groups is 1. The lowest BCUT2D eigenvalue weighted by molar-refractivity contribution is 0.0698. The highest BCUT2D eigenvalue weighted by Gasteiger charge is 2.21. The molecule has 0 aliphatic carbocycles. The number of benzene rings is 2. The molecule has 0 aliphatic rings. The van der Waals surface area contributed by atoms with Gasteiger partial charge in [0.1, 0.15) is 17.0 Å². The van der Waals surface area contributed by atoms with Gasteiger partial charge in [-0.2, -0.15) is 0 Å². The maximum absolute atomic E-state index is 12.1. The third kappa shape index (κ3) is 3.07. The minimum atomic E-state index is -1.04. The number of aromatic carboxylic acids is 1. The molecule has 2 heterocycles. The van der Waals surface area contributed by atoms with Gasteiger partial charge in [-0.05, 0) is 43.2 Å². The van der Waals surface area contributed by atoms with Gasteiger partial charge in [0.15, 0.2) is 5.76 Å². The summed E-state index contributed by atoms with van der Waals surface area (Å²) in [6.07, 6.45) is 1.89. The van der Waals surface area contributed by atoms with Crippen LogP contribution in [-0.4, -0.2) is 27.8 Å². The Kier molecular flexibility index (Phi) is 4.69. The molecular weight excluding hydrogens is 356 g/mol. The number of nitrogens with zero attached hydrogens (tertiary/aromatic N) is 2. The van der Waals surface area contributed by atoms with Crippen LogP contribution in [0.3, 0.4) is 0 Å². The number of carboxylic acid groups (broad SMARTS) is 1. The van der Waals surface area contributed by atoms with E-state index in [-0.39, 0.29) is 5.56 Å². The molecule has 142 valence electrons. The fourth-order valence-electron chi connectivity index (χ4n) is 3.25. The largest absolute Gasteiger partial charge is 0.493 e. The van der Waals surface area contributed by atoms with Gasteiger partial charge in [-0.25, -0.2) is 9.78 Å². The van der Waals surface area contributed by atoms with E-state index >= 15 is 0 Å². The lowest BCUT2D eigenvalue weighted by Crippen LogP contribution is -2.05. The Morgan fingerprint density at radius 2 is 2.04 bits per heavy atom. The number of pyridine rings is 1. The second-order valence-corrected chi connectivity index (χ2v) is 6.70. The number of rotatable bonds is 6. The molecule has 0 spiro atoms. The van der Waals surface area contributed by atoms with E-state index in [1.165, 1.54) is 6.07 Å². The Morgan fingerprint density at radius 1 is 1.21 bits per heavy atom. The van der Waals surface area contributed by atoms with Crippen molar-refractivity contribution in [1.29, 1.82) is 0 Å². The van der Waals surface area contributed by atoms with Crippen molar-refractivity contribution in [3.63, 3.8) is 0 Å². The summed E-state index contributed by atoms with van der Waals surface area (Å²) in [5.41, 5.74) is 2.73. The van der Waals surface area contributed by atoms with Gasteiger partial charge >= 0.3 is 5.97 Å². The molecule has 6 heteroatoms. The molecule has 0 unspecified atom stereocenters. The van der Waals surface area contributed by atoms with Crippen LogP contribution in [0.4, 0.5) is 0 Å². The normalized spacial score (nSPS) is 11.2. The summed E-state index contributed by atoms with van der Waals surface area (Å²) in [5, 5.41) is 15.2. The third-order valence-electron chi connectivity index (χ3n) is 4.73. The summed E-state index contributed by atoms with van der Waals surface area (Å²) < 4.78 is 11.4. The molecule has 4 rings (SSSR count). The molecule has 6 nitrogen and oxygen atoms in total. The van der Waals surface area contributed by atoms with E-state index < -0.39 is 5.97 Å². The van der Waals surface area contributed by atoms with Crippen LogP contribution >= 0.6 is 0 Å². The number of hydrogen-bond acceptors (Lipinski definition) is 5. The summed E-state index contributed by atoms with van der Waals surface area (Å²) in [5.74, 6) is -0.0481. The van der Waals surface area contributed by atoms with Gasteiger partial charge < -0.3 is 14.4 Å². The molecule has 0 amide bonds. The van der Waals surface area contributed by atoms with Crippen molar-refractivity contribution in [3.05, 3.63) is 53.6 Å². The second-order valence-electron chi connectivity index (χ2n) is 6.70. The highest BCUT2D eigenvalue weighted by atomic mass is 16.5. The Bertz CT molecular complexity index is 1180. The molecule has 2 aromatic heterocycles. The topological polar surface area (TPSA) is 85.5 Å². The molecule has 1 N–H and O–H groups in total. The first-order valence-electron chi connectivity index (χ1n) is 9.25. The van der Waals surface area contributed by atoms with Crippen LogP contribution in [0.5, 0.6) is 5.75 Å². The van der Waals surface area contributed by atoms with Crippen molar-refractivity contribution in [2.24, 2.45) is 0 Å². The van der Waals surface area contributed by atoms with Gasteiger partial charge in [-0.3, -0.25) is 0 Å². The van der Waals surface area contributed by atoms with E-state index in [2.05, 4.69) is 12.1 Å². The lowest BCUT2D eigenvalue weighted by atomic mass is 10.0. The molecule has 0 bridgehead atoms. The predicted molar refractivity (Wildman–Crippen MR) is 107 cm³/mol. The molecule has 0 fully saturated rings. The zero-order chi connectivity index (χ0) is 19.7. The first kappa shape index (κ1) is 18.0. The fourth-order valence-corrected chi connectivity index (χ4v) is 3.25. The fraction of sp³-hybridized carbons (Fsp3) is 0.227. The van der Waals surface area contributed by atoms with Crippen LogP contribution in [-0.2, 0) is 0 Å². The average molecular weight is 376 g/mol. The number of hydrogen-bond donors (Lipinski definition) is 1. The first-order chi connectivity index (χ1) is 13.6. The monoisotopic (exact) mass is 376 g/mol. The third-order valence-corrected chi connectivity index (χ3v) is 4.73. The number of carboxylic acids is 1. The van der Waals surface area contributed by atoms with E-state index in [0.29, 0.717) is 40.2 Å². The number of ether oxygens (including phenoxy) is 1. The number of aromatic nitrogens is 2. The van der Waals surface area contributed by atoms with Crippen molar-refractivity contribution in [1.82, 2.24) is 10.1 Å². The Hall–Kier alpha value is -3.41. The van der Waals surface area contributed by atoms with E-state index in [1.54, 1.807) is 0 Å². The maximum atomic E-state index is 12.1. The van der Waals surface area contributed by atoms with Gasteiger partial charge in [0, 0.05) is 0 Å².